The lowest BCUT2D eigenvalue weighted by Crippen LogP contribution is -2.42. The molecule has 2 aliphatic heterocycles. The number of nitrogens with zero attached hydrogens (tertiary/aromatic N) is 2. The molecule has 0 bridgehead atoms. The van der Waals surface area contributed by atoms with Crippen LogP contribution < -0.4 is 4.74 Å². The Bertz CT molecular complexity index is 1050. The van der Waals surface area contributed by atoms with Crippen LogP contribution in [0.1, 0.15) is 17.2 Å². The molecule has 0 saturated carbocycles. The number of ether oxygens (including phenoxy) is 2. The summed E-state index contributed by atoms with van der Waals surface area (Å²) in [4.78, 5) is 30.0. The third-order valence-corrected chi connectivity index (χ3v) is 6.32. The van der Waals surface area contributed by atoms with Crippen molar-refractivity contribution in [3.63, 3.8) is 0 Å². The van der Waals surface area contributed by atoms with Gasteiger partial charge in [0.2, 0.25) is 0 Å². The van der Waals surface area contributed by atoms with E-state index < -0.39 is 17.7 Å². The van der Waals surface area contributed by atoms with E-state index in [1.165, 1.54) is 7.11 Å². The number of para-hydroxylation sites is 1. The van der Waals surface area contributed by atoms with Crippen molar-refractivity contribution >= 4 is 33.4 Å². The fourth-order valence-electron chi connectivity index (χ4n) is 4.19. The molecule has 2 aliphatic rings. The van der Waals surface area contributed by atoms with Gasteiger partial charge in [0.25, 0.3) is 11.7 Å². The molecule has 0 radical (unpaired) electrons. The third-order valence-electron chi connectivity index (χ3n) is 5.83. The first kappa shape index (κ1) is 22.5. The number of morpholine rings is 1. The number of benzene rings is 2. The van der Waals surface area contributed by atoms with Crippen molar-refractivity contribution < 1.29 is 24.2 Å². The second-order valence-electron chi connectivity index (χ2n) is 7.70. The standard InChI is InChI=1S/C24H25BrN2O5/c1-31-19-8-3-2-7-18(19)22(28)20-21(16-5-4-6-17(25)15-16)27(24(30)23(20)29)10-9-26-11-13-32-14-12-26/h2-8,15,21,28H,9-14H2,1H3/b22-20+. The van der Waals surface area contributed by atoms with Crippen molar-refractivity contribution in [3.8, 4) is 5.75 Å². The summed E-state index contributed by atoms with van der Waals surface area (Å²) in [5, 5.41) is 11.2. The molecule has 32 heavy (non-hydrogen) atoms. The lowest BCUT2D eigenvalue weighted by Gasteiger charge is -2.31. The average molecular weight is 501 g/mol. The number of methoxy groups -OCH3 is 1. The maximum atomic E-state index is 13.2. The molecule has 1 N–H and O–H groups in total. The first-order valence-electron chi connectivity index (χ1n) is 10.5. The minimum absolute atomic E-state index is 0.0691. The van der Waals surface area contributed by atoms with Crippen molar-refractivity contribution in [2.45, 2.75) is 6.04 Å². The molecule has 2 fully saturated rings. The summed E-state index contributed by atoms with van der Waals surface area (Å²) < 4.78 is 11.6. The number of hydrogen-bond donors (Lipinski definition) is 1. The Labute approximate surface area is 195 Å². The topological polar surface area (TPSA) is 79.3 Å². The maximum absolute atomic E-state index is 13.2. The Morgan fingerprint density at radius 2 is 1.88 bits per heavy atom. The highest BCUT2D eigenvalue weighted by atomic mass is 79.9. The van der Waals surface area contributed by atoms with E-state index in [0.717, 1.165) is 23.1 Å². The van der Waals surface area contributed by atoms with E-state index in [4.69, 9.17) is 9.47 Å². The normalized spacial score (nSPS) is 21.2. The van der Waals surface area contributed by atoms with Gasteiger partial charge in [-0.25, -0.2) is 0 Å². The number of carbonyl (C=O) groups is 2. The number of rotatable bonds is 6. The molecule has 2 saturated heterocycles. The number of halogens is 1. The lowest BCUT2D eigenvalue weighted by molar-refractivity contribution is -0.140. The first-order valence-corrected chi connectivity index (χ1v) is 11.3. The molecule has 168 valence electrons. The molecule has 2 heterocycles. The van der Waals surface area contributed by atoms with Gasteiger partial charge in [-0.05, 0) is 29.8 Å². The van der Waals surface area contributed by atoms with Crippen LogP contribution in [0, 0.1) is 0 Å². The summed E-state index contributed by atoms with van der Waals surface area (Å²) in [6.07, 6.45) is 0. The third kappa shape index (κ3) is 4.44. The number of ketones is 1. The Morgan fingerprint density at radius 1 is 1.12 bits per heavy atom. The number of amides is 1. The van der Waals surface area contributed by atoms with Gasteiger partial charge in [0.1, 0.15) is 11.5 Å². The van der Waals surface area contributed by atoms with Gasteiger partial charge in [-0.15, -0.1) is 0 Å². The van der Waals surface area contributed by atoms with Gasteiger partial charge in [0.05, 0.1) is 37.5 Å². The van der Waals surface area contributed by atoms with Crippen LogP contribution in [-0.2, 0) is 14.3 Å². The zero-order valence-electron chi connectivity index (χ0n) is 17.8. The maximum Gasteiger partial charge on any atom is 0.295 e. The second-order valence-corrected chi connectivity index (χ2v) is 8.62. The summed E-state index contributed by atoms with van der Waals surface area (Å²) in [5.74, 6) is -1.11. The van der Waals surface area contributed by atoms with E-state index in [2.05, 4.69) is 20.8 Å². The fraction of sp³-hybridized carbons (Fsp3) is 0.333. The molecular weight excluding hydrogens is 476 g/mol. The van der Waals surface area contributed by atoms with Gasteiger partial charge in [0.15, 0.2) is 0 Å². The smallest absolute Gasteiger partial charge is 0.295 e. The van der Waals surface area contributed by atoms with Gasteiger partial charge in [-0.2, -0.15) is 0 Å². The Balaban J connectivity index is 1.77. The van der Waals surface area contributed by atoms with Gasteiger partial charge in [-0.1, -0.05) is 40.2 Å². The van der Waals surface area contributed by atoms with Crippen LogP contribution in [-0.4, -0.2) is 73.1 Å². The van der Waals surface area contributed by atoms with Crippen LogP contribution in [0.4, 0.5) is 0 Å². The Morgan fingerprint density at radius 3 is 2.59 bits per heavy atom. The van der Waals surface area contributed by atoms with E-state index >= 15 is 0 Å². The molecular formula is C24H25BrN2O5. The first-order chi connectivity index (χ1) is 15.5. The number of Topliss-reactive ketones (excluding diaryl/α,β-unsaturated/α-hetero) is 1. The quantitative estimate of drug-likeness (QED) is 0.372. The minimum atomic E-state index is -0.696. The Hall–Kier alpha value is -2.68. The predicted octanol–water partition coefficient (Wildman–Crippen LogP) is 3.21. The van der Waals surface area contributed by atoms with Crippen LogP contribution in [0.3, 0.4) is 0 Å². The van der Waals surface area contributed by atoms with E-state index in [9.17, 15) is 14.7 Å². The van der Waals surface area contributed by atoms with E-state index in [0.29, 0.717) is 37.6 Å². The van der Waals surface area contributed by atoms with Crippen molar-refractivity contribution in [1.82, 2.24) is 9.80 Å². The number of aliphatic hydroxyl groups is 1. The van der Waals surface area contributed by atoms with Crippen molar-refractivity contribution in [3.05, 3.63) is 69.7 Å². The van der Waals surface area contributed by atoms with Gasteiger partial charge >= 0.3 is 0 Å². The van der Waals surface area contributed by atoms with Crippen LogP contribution in [0.15, 0.2) is 58.6 Å². The predicted molar refractivity (Wildman–Crippen MR) is 123 cm³/mol. The lowest BCUT2D eigenvalue weighted by atomic mass is 9.95. The fourth-order valence-corrected chi connectivity index (χ4v) is 4.61. The molecule has 0 aromatic heterocycles. The molecule has 1 atom stereocenters. The van der Waals surface area contributed by atoms with Crippen molar-refractivity contribution in [2.24, 2.45) is 0 Å². The van der Waals surface area contributed by atoms with Crippen LogP contribution >= 0.6 is 15.9 Å². The Kier molecular flexibility index (Phi) is 6.93. The second kappa shape index (κ2) is 9.85. The molecule has 2 aromatic rings. The highest BCUT2D eigenvalue weighted by Gasteiger charge is 2.46. The van der Waals surface area contributed by atoms with E-state index in [-0.39, 0.29) is 11.3 Å². The molecule has 0 spiro atoms. The molecule has 1 amide bonds. The van der Waals surface area contributed by atoms with Crippen molar-refractivity contribution in [2.75, 3.05) is 46.5 Å². The van der Waals surface area contributed by atoms with Crippen molar-refractivity contribution in [1.29, 1.82) is 0 Å². The molecule has 4 rings (SSSR count). The monoisotopic (exact) mass is 500 g/mol. The number of hydrogen-bond acceptors (Lipinski definition) is 6. The highest BCUT2D eigenvalue weighted by Crippen LogP contribution is 2.41. The zero-order chi connectivity index (χ0) is 22.7. The van der Waals surface area contributed by atoms with E-state index in [1.807, 2.05) is 24.3 Å². The summed E-state index contributed by atoms with van der Waals surface area (Å²) in [7, 11) is 1.50. The van der Waals surface area contributed by atoms with Crippen LogP contribution in [0.25, 0.3) is 5.76 Å². The highest BCUT2D eigenvalue weighted by molar-refractivity contribution is 9.10. The number of carbonyl (C=O) groups excluding carboxylic acids is 2. The van der Waals surface area contributed by atoms with Gasteiger partial charge in [0, 0.05) is 30.7 Å². The molecule has 8 heteroatoms. The molecule has 1 unspecified atom stereocenters. The molecule has 0 aliphatic carbocycles. The zero-order valence-corrected chi connectivity index (χ0v) is 19.4. The summed E-state index contributed by atoms with van der Waals surface area (Å²) >= 11 is 3.48. The summed E-state index contributed by atoms with van der Waals surface area (Å²) in [5.41, 5.74) is 1.19. The largest absolute Gasteiger partial charge is 0.507 e. The average Bonchev–Trinajstić information content (AvgIpc) is 3.07. The van der Waals surface area contributed by atoms with Gasteiger partial charge < -0.3 is 19.5 Å². The minimum Gasteiger partial charge on any atom is -0.507 e. The van der Waals surface area contributed by atoms with Gasteiger partial charge in [-0.3, -0.25) is 14.5 Å². The summed E-state index contributed by atoms with van der Waals surface area (Å²) in [6, 6.07) is 13.7. The van der Waals surface area contributed by atoms with Crippen LogP contribution in [0.5, 0.6) is 5.75 Å². The summed E-state index contributed by atoms with van der Waals surface area (Å²) in [6.45, 7) is 3.86. The van der Waals surface area contributed by atoms with Crippen LogP contribution in [0.2, 0.25) is 0 Å². The number of likely N-dealkylation sites (tertiary alicyclic amines) is 1. The number of aliphatic hydroxyl groups excluding tert-OH is 1. The SMILES string of the molecule is COc1ccccc1/C(O)=C1\C(=O)C(=O)N(CCN2CCOCC2)C1c1cccc(Br)c1. The molecule has 2 aromatic carbocycles. The molecule has 7 nitrogen and oxygen atoms in total. The van der Waals surface area contributed by atoms with E-state index in [1.54, 1.807) is 29.2 Å².